The number of piperazine rings is 1. The second-order valence-corrected chi connectivity index (χ2v) is 7.45. The number of hydrogen-bond donors (Lipinski definition) is 1. The van der Waals surface area contributed by atoms with Gasteiger partial charge in [-0.2, -0.15) is 0 Å². The minimum absolute atomic E-state index is 0.0753. The van der Waals surface area contributed by atoms with Crippen LogP contribution in [0.15, 0.2) is 36.0 Å². The zero-order chi connectivity index (χ0) is 19.4. The predicted octanol–water partition coefficient (Wildman–Crippen LogP) is 2.52. The Kier molecular flexibility index (Phi) is 6.16. The van der Waals surface area contributed by atoms with Crippen LogP contribution in [0.3, 0.4) is 0 Å². The molecule has 2 atom stereocenters. The Morgan fingerprint density at radius 2 is 1.85 bits per heavy atom. The molecule has 6 nitrogen and oxygen atoms in total. The smallest absolute Gasteiger partial charge is 0.317 e. The van der Waals surface area contributed by atoms with E-state index >= 15 is 0 Å². The van der Waals surface area contributed by atoms with Gasteiger partial charge in [0, 0.05) is 49.3 Å². The van der Waals surface area contributed by atoms with Crippen LogP contribution < -0.4 is 10.2 Å². The highest BCUT2D eigenvalue weighted by Gasteiger charge is 2.36. The molecule has 0 bridgehead atoms. The molecule has 1 aliphatic heterocycles. The highest BCUT2D eigenvalue weighted by molar-refractivity contribution is 6.06. The van der Waals surface area contributed by atoms with E-state index in [2.05, 4.69) is 34.3 Å². The Balaban J connectivity index is 1.63. The molecule has 0 radical (unpaired) electrons. The molecule has 1 aliphatic carbocycles. The highest BCUT2D eigenvalue weighted by Crippen LogP contribution is 2.29. The SMILES string of the molecule is CCOC(=O)C1C(=O)C=C(Nc2ccc(N3CCN(C)CC3)cc2)CC1C. The van der Waals surface area contributed by atoms with Gasteiger partial charge in [-0.05, 0) is 50.6 Å². The van der Waals surface area contributed by atoms with Crippen molar-refractivity contribution >= 4 is 23.1 Å². The Labute approximate surface area is 161 Å². The van der Waals surface area contributed by atoms with Crippen molar-refractivity contribution < 1.29 is 14.3 Å². The topological polar surface area (TPSA) is 61.9 Å². The van der Waals surface area contributed by atoms with Crippen LogP contribution in [0.1, 0.15) is 20.3 Å². The average Bonchev–Trinajstić information content (AvgIpc) is 2.63. The Bertz CT molecular complexity index is 706. The van der Waals surface area contributed by atoms with Crippen molar-refractivity contribution in [2.24, 2.45) is 11.8 Å². The largest absolute Gasteiger partial charge is 0.465 e. The summed E-state index contributed by atoms with van der Waals surface area (Å²) < 4.78 is 5.04. The highest BCUT2D eigenvalue weighted by atomic mass is 16.5. The van der Waals surface area contributed by atoms with Gasteiger partial charge in [0.1, 0.15) is 5.92 Å². The number of nitrogens with zero attached hydrogens (tertiary/aromatic N) is 2. The van der Waals surface area contributed by atoms with Crippen LogP contribution in [0.2, 0.25) is 0 Å². The molecular weight excluding hydrogens is 342 g/mol. The van der Waals surface area contributed by atoms with Gasteiger partial charge in [-0.3, -0.25) is 9.59 Å². The minimum atomic E-state index is -0.685. The van der Waals surface area contributed by atoms with Gasteiger partial charge in [-0.15, -0.1) is 0 Å². The molecule has 6 heteroatoms. The number of benzene rings is 1. The van der Waals surface area contributed by atoms with Gasteiger partial charge in [-0.25, -0.2) is 0 Å². The van der Waals surface area contributed by atoms with E-state index in [1.54, 1.807) is 13.0 Å². The van der Waals surface area contributed by atoms with Crippen LogP contribution in [-0.4, -0.2) is 56.5 Å². The third kappa shape index (κ3) is 4.69. The number of rotatable bonds is 5. The predicted molar refractivity (Wildman–Crippen MR) is 107 cm³/mol. The van der Waals surface area contributed by atoms with Crippen LogP contribution >= 0.6 is 0 Å². The van der Waals surface area contributed by atoms with Gasteiger partial charge in [0.05, 0.1) is 6.61 Å². The number of likely N-dealkylation sites (N-methyl/N-ethyl adjacent to an activating group) is 1. The maximum absolute atomic E-state index is 12.4. The van der Waals surface area contributed by atoms with Crippen molar-refractivity contribution in [3.8, 4) is 0 Å². The summed E-state index contributed by atoms with van der Waals surface area (Å²) in [6.45, 7) is 8.20. The standard InChI is InChI=1S/C21H29N3O3/c1-4-27-21(26)20-15(2)13-17(14-19(20)25)22-16-5-7-18(8-6-16)24-11-9-23(3)10-12-24/h5-8,14-15,20,22H,4,9-13H2,1-3H3. The summed E-state index contributed by atoms with van der Waals surface area (Å²) in [6, 6.07) is 8.32. The fourth-order valence-electron chi connectivity index (χ4n) is 3.74. The summed E-state index contributed by atoms with van der Waals surface area (Å²) in [6.07, 6.45) is 2.20. The second-order valence-electron chi connectivity index (χ2n) is 7.45. The van der Waals surface area contributed by atoms with Crippen molar-refractivity contribution in [1.29, 1.82) is 0 Å². The number of esters is 1. The van der Waals surface area contributed by atoms with E-state index in [1.165, 1.54) is 5.69 Å². The molecule has 1 aromatic rings. The lowest BCUT2D eigenvalue weighted by Gasteiger charge is -2.34. The monoisotopic (exact) mass is 371 g/mol. The number of allylic oxidation sites excluding steroid dienone is 2. The van der Waals surface area contributed by atoms with Gasteiger partial charge in [0.25, 0.3) is 0 Å². The van der Waals surface area contributed by atoms with Crippen LogP contribution in [0, 0.1) is 11.8 Å². The first kappa shape index (κ1) is 19.4. The van der Waals surface area contributed by atoms with Crippen molar-refractivity contribution in [1.82, 2.24) is 4.90 Å². The number of hydrogen-bond acceptors (Lipinski definition) is 6. The molecule has 1 heterocycles. The maximum Gasteiger partial charge on any atom is 0.317 e. The quantitative estimate of drug-likeness (QED) is 0.634. The average molecular weight is 371 g/mol. The number of nitrogens with one attached hydrogen (secondary N) is 1. The fourth-order valence-corrected chi connectivity index (χ4v) is 3.74. The number of ether oxygens (including phenoxy) is 1. The zero-order valence-electron chi connectivity index (χ0n) is 16.4. The first-order valence-electron chi connectivity index (χ1n) is 9.69. The number of anilines is 2. The second kappa shape index (κ2) is 8.57. The van der Waals surface area contributed by atoms with Crippen molar-refractivity contribution in [2.75, 3.05) is 50.1 Å². The van der Waals surface area contributed by atoms with E-state index in [9.17, 15) is 9.59 Å². The first-order valence-corrected chi connectivity index (χ1v) is 9.69. The van der Waals surface area contributed by atoms with Gasteiger partial charge in [-0.1, -0.05) is 6.92 Å². The van der Waals surface area contributed by atoms with E-state index in [4.69, 9.17) is 4.74 Å². The first-order chi connectivity index (χ1) is 13.0. The van der Waals surface area contributed by atoms with Crippen molar-refractivity contribution in [2.45, 2.75) is 20.3 Å². The molecule has 0 aromatic heterocycles. The van der Waals surface area contributed by atoms with Crippen LogP contribution in [0.4, 0.5) is 11.4 Å². The van der Waals surface area contributed by atoms with Gasteiger partial charge in [0.2, 0.25) is 0 Å². The fraction of sp³-hybridized carbons (Fsp3) is 0.524. The number of carbonyl (C=O) groups is 2. The summed E-state index contributed by atoms with van der Waals surface area (Å²) in [4.78, 5) is 29.1. The summed E-state index contributed by atoms with van der Waals surface area (Å²) >= 11 is 0. The maximum atomic E-state index is 12.4. The lowest BCUT2D eigenvalue weighted by molar-refractivity contribution is -0.152. The molecule has 2 unspecified atom stereocenters. The molecule has 2 aliphatic rings. The van der Waals surface area contributed by atoms with Crippen molar-refractivity contribution in [3.63, 3.8) is 0 Å². The summed E-state index contributed by atoms with van der Waals surface area (Å²) in [7, 11) is 2.15. The van der Waals surface area contributed by atoms with Crippen LogP contribution in [-0.2, 0) is 14.3 Å². The number of ketones is 1. The Morgan fingerprint density at radius 3 is 2.44 bits per heavy atom. The Morgan fingerprint density at radius 1 is 1.19 bits per heavy atom. The minimum Gasteiger partial charge on any atom is -0.465 e. The number of carbonyl (C=O) groups excluding carboxylic acids is 2. The molecule has 1 saturated heterocycles. The molecule has 146 valence electrons. The molecule has 1 aromatic carbocycles. The molecular formula is C21H29N3O3. The third-order valence-corrected chi connectivity index (χ3v) is 5.32. The normalized spacial score (nSPS) is 23.7. The molecule has 3 rings (SSSR count). The van der Waals surface area contributed by atoms with E-state index in [0.717, 1.165) is 37.6 Å². The van der Waals surface area contributed by atoms with Gasteiger partial charge >= 0.3 is 5.97 Å². The van der Waals surface area contributed by atoms with E-state index in [1.807, 2.05) is 19.1 Å². The van der Waals surface area contributed by atoms with Crippen molar-refractivity contribution in [3.05, 3.63) is 36.0 Å². The van der Waals surface area contributed by atoms with Crippen LogP contribution in [0.5, 0.6) is 0 Å². The molecule has 1 N–H and O–H groups in total. The summed E-state index contributed by atoms with van der Waals surface area (Å²) in [5.41, 5.74) is 3.02. The third-order valence-electron chi connectivity index (χ3n) is 5.32. The van der Waals surface area contributed by atoms with Gasteiger partial charge in [0.15, 0.2) is 5.78 Å². The molecule has 27 heavy (non-hydrogen) atoms. The van der Waals surface area contributed by atoms with E-state index in [-0.39, 0.29) is 11.7 Å². The zero-order valence-corrected chi connectivity index (χ0v) is 16.4. The summed E-state index contributed by atoms with van der Waals surface area (Å²) in [5.74, 6) is -1.35. The Hall–Kier alpha value is -2.34. The van der Waals surface area contributed by atoms with E-state index in [0.29, 0.717) is 13.0 Å². The molecule has 1 fully saturated rings. The molecule has 0 spiro atoms. The van der Waals surface area contributed by atoms with Crippen LogP contribution in [0.25, 0.3) is 0 Å². The molecule has 0 amide bonds. The van der Waals surface area contributed by atoms with E-state index < -0.39 is 11.9 Å². The lowest BCUT2D eigenvalue weighted by Crippen LogP contribution is -2.44. The molecule has 0 saturated carbocycles. The summed E-state index contributed by atoms with van der Waals surface area (Å²) in [5, 5.41) is 3.33. The van der Waals surface area contributed by atoms with Gasteiger partial charge < -0.3 is 19.9 Å². The lowest BCUT2D eigenvalue weighted by atomic mass is 9.82.